The first-order chi connectivity index (χ1) is 9.11. The van der Waals surface area contributed by atoms with Crippen LogP contribution in [0.4, 0.5) is 5.69 Å². The SMILES string of the molecule is Cc1ccc(N2CCCC(C(C)C)CC2)c(CBr)c1. The van der Waals surface area contributed by atoms with Crippen LogP contribution in [0, 0.1) is 18.8 Å². The summed E-state index contributed by atoms with van der Waals surface area (Å²) in [5, 5.41) is 0.953. The molecule has 0 saturated carbocycles. The Kier molecular flexibility index (Phi) is 5.32. The van der Waals surface area contributed by atoms with Crippen LogP contribution in [-0.4, -0.2) is 13.1 Å². The molecule has 0 bridgehead atoms. The third-order valence-electron chi connectivity index (χ3n) is 4.44. The van der Waals surface area contributed by atoms with Crippen LogP contribution < -0.4 is 4.90 Å². The van der Waals surface area contributed by atoms with Gasteiger partial charge in [0.2, 0.25) is 0 Å². The lowest BCUT2D eigenvalue weighted by molar-refractivity contribution is 0.351. The highest BCUT2D eigenvalue weighted by Gasteiger charge is 2.20. The molecule has 1 aromatic rings. The van der Waals surface area contributed by atoms with E-state index in [9.17, 15) is 0 Å². The maximum Gasteiger partial charge on any atom is 0.0407 e. The second-order valence-electron chi connectivity index (χ2n) is 6.19. The van der Waals surface area contributed by atoms with Gasteiger partial charge in [-0.2, -0.15) is 0 Å². The Bertz CT molecular complexity index is 414. The van der Waals surface area contributed by atoms with Crippen molar-refractivity contribution in [2.45, 2.75) is 45.4 Å². The zero-order valence-corrected chi connectivity index (χ0v) is 14.0. The van der Waals surface area contributed by atoms with E-state index in [-0.39, 0.29) is 0 Å². The molecule has 2 heteroatoms. The average molecular weight is 324 g/mol. The molecule has 1 nitrogen and oxygen atoms in total. The molecular weight excluding hydrogens is 298 g/mol. The standard InChI is InChI=1S/C17H26BrN/c1-13(2)15-5-4-9-19(10-8-15)17-7-6-14(3)11-16(17)12-18/h6-7,11,13,15H,4-5,8-10,12H2,1-3H3. The van der Waals surface area contributed by atoms with E-state index in [1.165, 1.54) is 49.2 Å². The first-order valence-electron chi connectivity index (χ1n) is 7.52. The van der Waals surface area contributed by atoms with Gasteiger partial charge in [-0.25, -0.2) is 0 Å². The fraction of sp³-hybridized carbons (Fsp3) is 0.647. The Labute approximate surface area is 126 Å². The third kappa shape index (κ3) is 3.75. The lowest BCUT2D eigenvalue weighted by Crippen LogP contribution is -2.25. The molecule has 1 atom stereocenters. The van der Waals surface area contributed by atoms with Crippen LogP contribution in [0.25, 0.3) is 0 Å². The molecule has 0 aromatic heterocycles. The quantitative estimate of drug-likeness (QED) is 0.695. The van der Waals surface area contributed by atoms with E-state index in [4.69, 9.17) is 0 Å². The fourth-order valence-corrected chi connectivity index (χ4v) is 3.61. The summed E-state index contributed by atoms with van der Waals surface area (Å²) in [5.74, 6) is 1.73. The summed E-state index contributed by atoms with van der Waals surface area (Å²) in [6.45, 7) is 9.34. The molecule has 0 N–H and O–H groups in total. The van der Waals surface area contributed by atoms with Crippen LogP contribution >= 0.6 is 15.9 Å². The molecule has 1 aliphatic heterocycles. The van der Waals surface area contributed by atoms with E-state index in [1.54, 1.807) is 0 Å². The normalized spacial score (nSPS) is 20.7. The molecule has 106 valence electrons. The third-order valence-corrected chi connectivity index (χ3v) is 5.04. The molecule has 0 spiro atoms. The van der Waals surface area contributed by atoms with E-state index in [1.807, 2.05) is 0 Å². The minimum atomic E-state index is 0.827. The summed E-state index contributed by atoms with van der Waals surface area (Å²) < 4.78 is 0. The topological polar surface area (TPSA) is 3.24 Å². The van der Waals surface area contributed by atoms with Gasteiger partial charge in [0.15, 0.2) is 0 Å². The van der Waals surface area contributed by atoms with E-state index in [0.717, 1.165) is 17.2 Å². The Morgan fingerprint density at radius 2 is 2.05 bits per heavy atom. The highest BCUT2D eigenvalue weighted by atomic mass is 79.9. The number of benzene rings is 1. The van der Waals surface area contributed by atoms with Gasteiger partial charge in [-0.3, -0.25) is 0 Å². The summed E-state index contributed by atoms with van der Waals surface area (Å²) >= 11 is 3.64. The van der Waals surface area contributed by atoms with Gasteiger partial charge in [0.1, 0.15) is 0 Å². The summed E-state index contributed by atoms with van der Waals surface area (Å²) in [7, 11) is 0. The molecule has 1 saturated heterocycles. The van der Waals surface area contributed by atoms with Gasteiger partial charge in [0.25, 0.3) is 0 Å². The van der Waals surface area contributed by atoms with Crippen molar-refractivity contribution in [2.75, 3.05) is 18.0 Å². The van der Waals surface area contributed by atoms with Crippen LogP contribution in [0.5, 0.6) is 0 Å². The number of rotatable bonds is 3. The molecule has 1 aliphatic rings. The summed E-state index contributed by atoms with van der Waals surface area (Å²) in [6.07, 6.45) is 4.06. The lowest BCUT2D eigenvalue weighted by Gasteiger charge is -2.26. The molecule has 0 radical (unpaired) electrons. The smallest absolute Gasteiger partial charge is 0.0407 e. The predicted molar refractivity (Wildman–Crippen MR) is 88.2 cm³/mol. The van der Waals surface area contributed by atoms with Crippen molar-refractivity contribution in [3.05, 3.63) is 29.3 Å². The maximum atomic E-state index is 3.64. The van der Waals surface area contributed by atoms with Gasteiger partial charge in [-0.1, -0.05) is 47.5 Å². The maximum absolute atomic E-state index is 3.64. The monoisotopic (exact) mass is 323 g/mol. The second kappa shape index (κ2) is 6.78. The van der Waals surface area contributed by atoms with Crippen molar-refractivity contribution >= 4 is 21.6 Å². The lowest BCUT2D eigenvalue weighted by atomic mass is 9.89. The van der Waals surface area contributed by atoms with Crippen molar-refractivity contribution < 1.29 is 0 Å². The van der Waals surface area contributed by atoms with Crippen LogP contribution in [0.1, 0.15) is 44.2 Å². The molecule has 1 heterocycles. The van der Waals surface area contributed by atoms with Gasteiger partial charge in [0.05, 0.1) is 0 Å². The Hall–Kier alpha value is -0.500. The van der Waals surface area contributed by atoms with Crippen LogP contribution in [0.2, 0.25) is 0 Å². The number of anilines is 1. The number of aryl methyl sites for hydroxylation is 1. The van der Waals surface area contributed by atoms with E-state index >= 15 is 0 Å². The van der Waals surface area contributed by atoms with Crippen LogP contribution in [0.3, 0.4) is 0 Å². The van der Waals surface area contributed by atoms with Crippen molar-refractivity contribution in [1.29, 1.82) is 0 Å². The number of nitrogens with zero attached hydrogens (tertiary/aromatic N) is 1. The zero-order chi connectivity index (χ0) is 13.8. The summed E-state index contributed by atoms with van der Waals surface area (Å²) in [5.41, 5.74) is 4.22. The largest absolute Gasteiger partial charge is 0.371 e. The van der Waals surface area contributed by atoms with Gasteiger partial charge in [0, 0.05) is 24.1 Å². The zero-order valence-electron chi connectivity index (χ0n) is 12.5. The highest BCUT2D eigenvalue weighted by Crippen LogP contribution is 2.30. The van der Waals surface area contributed by atoms with E-state index in [0.29, 0.717) is 0 Å². The Morgan fingerprint density at radius 1 is 1.26 bits per heavy atom. The summed E-state index contributed by atoms with van der Waals surface area (Å²) in [4.78, 5) is 2.60. The number of hydrogen-bond donors (Lipinski definition) is 0. The minimum Gasteiger partial charge on any atom is -0.371 e. The molecule has 1 unspecified atom stereocenters. The molecule has 0 aliphatic carbocycles. The number of halogens is 1. The van der Waals surface area contributed by atoms with Crippen molar-refractivity contribution in [3.8, 4) is 0 Å². The molecule has 1 aromatic carbocycles. The Morgan fingerprint density at radius 3 is 2.74 bits per heavy atom. The molecular formula is C17H26BrN. The minimum absolute atomic E-state index is 0.827. The first-order valence-corrected chi connectivity index (χ1v) is 8.64. The van der Waals surface area contributed by atoms with Crippen molar-refractivity contribution in [3.63, 3.8) is 0 Å². The van der Waals surface area contributed by atoms with Gasteiger partial charge in [-0.15, -0.1) is 0 Å². The highest BCUT2D eigenvalue weighted by molar-refractivity contribution is 9.08. The average Bonchev–Trinajstić information content (AvgIpc) is 2.64. The van der Waals surface area contributed by atoms with Crippen molar-refractivity contribution in [1.82, 2.24) is 0 Å². The van der Waals surface area contributed by atoms with E-state index in [2.05, 4.69) is 59.8 Å². The fourth-order valence-electron chi connectivity index (χ4n) is 3.16. The van der Waals surface area contributed by atoms with Gasteiger partial charge in [-0.05, 0) is 49.7 Å². The predicted octanol–water partition coefficient (Wildman–Crippen LogP) is 5.15. The Balaban J connectivity index is 2.14. The number of alkyl halides is 1. The molecule has 19 heavy (non-hydrogen) atoms. The summed E-state index contributed by atoms with van der Waals surface area (Å²) in [6, 6.07) is 6.86. The van der Waals surface area contributed by atoms with Gasteiger partial charge < -0.3 is 4.90 Å². The second-order valence-corrected chi connectivity index (χ2v) is 6.75. The number of hydrogen-bond acceptors (Lipinski definition) is 1. The molecule has 2 rings (SSSR count). The van der Waals surface area contributed by atoms with Crippen molar-refractivity contribution in [2.24, 2.45) is 11.8 Å². The van der Waals surface area contributed by atoms with Crippen LogP contribution in [0.15, 0.2) is 18.2 Å². The first kappa shape index (κ1) is 14.9. The molecule has 1 fully saturated rings. The van der Waals surface area contributed by atoms with Gasteiger partial charge >= 0.3 is 0 Å². The van der Waals surface area contributed by atoms with E-state index < -0.39 is 0 Å². The van der Waals surface area contributed by atoms with Crippen LogP contribution in [-0.2, 0) is 5.33 Å². The molecule has 0 amide bonds.